The van der Waals surface area contributed by atoms with Gasteiger partial charge in [-0.3, -0.25) is 0 Å². The zero-order valence-corrected chi connectivity index (χ0v) is 12.8. The zero-order chi connectivity index (χ0) is 11.8. The highest BCUT2D eigenvalue weighted by atomic mass is 79.9. The van der Waals surface area contributed by atoms with Crippen molar-refractivity contribution in [3.05, 3.63) is 27.1 Å². The molecule has 1 N–H and O–H groups in total. The second kappa shape index (κ2) is 4.90. The van der Waals surface area contributed by atoms with Crippen LogP contribution in [0.4, 0.5) is 5.69 Å². The van der Waals surface area contributed by atoms with E-state index in [-0.39, 0.29) is 0 Å². The number of rotatable bonds is 2. The molecule has 4 heteroatoms. The molecule has 2 nitrogen and oxygen atoms in total. The van der Waals surface area contributed by atoms with E-state index in [1.165, 1.54) is 38.2 Å². The van der Waals surface area contributed by atoms with E-state index in [4.69, 9.17) is 0 Å². The number of nitrogens with zero attached hydrogens (tertiary/aromatic N) is 1. The molecule has 0 amide bonds. The Bertz CT molecular complexity index is 414. The molecule has 4 rings (SSSR count). The van der Waals surface area contributed by atoms with Crippen LogP contribution in [0, 0.1) is 5.92 Å². The van der Waals surface area contributed by atoms with Gasteiger partial charge in [0.25, 0.3) is 0 Å². The molecule has 0 aromatic heterocycles. The minimum atomic E-state index is 0.620. The third kappa shape index (κ3) is 2.54. The number of hydrogen-bond donors (Lipinski definition) is 1. The van der Waals surface area contributed by atoms with E-state index in [2.05, 4.69) is 60.3 Å². The number of anilines is 1. The van der Waals surface area contributed by atoms with Crippen LogP contribution in [-0.2, 0) is 0 Å². The van der Waals surface area contributed by atoms with Gasteiger partial charge in [0, 0.05) is 27.2 Å². The molecule has 1 unspecified atom stereocenters. The molecule has 3 heterocycles. The molecule has 3 aliphatic rings. The maximum absolute atomic E-state index is 3.70. The van der Waals surface area contributed by atoms with Gasteiger partial charge in [0.05, 0.1) is 0 Å². The summed E-state index contributed by atoms with van der Waals surface area (Å²) in [5.74, 6) is 0.857. The number of halogens is 2. The van der Waals surface area contributed by atoms with E-state index in [0.29, 0.717) is 6.04 Å². The number of piperidine rings is 3. The van der Waals surface area contributed by atoms with Gasteiger partial charge in [-0.15, -0.1) is 0 Å². The Kier molecular flexibility index (Phi) is 3.46. The summed E-state index contributed by atoms with van der Waals surface area (Å²) in [6, 6.07) is 6.96. The van der Waals surface area contributed by atoms with E-state index in [0.717, 1.165) is 14.9 Å². The standard InChI is InChI=1S/C13H16Br2N2/c14-10-1-2-12(11(15)7-10)16-13-8-17-5-3-9(13)4-6-17/h1-2,7,9,13,16H,3-6,8H2. The number of benzene rings is 1. The number of fused-ring (bicyclic) bond motifs is 3. The van der Waals surface area contributed by atoms with E-state index in [9.17, 15) is 0 Å². The molecule has 1 atom stereocenters. The van der Waals surface area contributed by atoms with Crippen LogP contribution in [-0.4, -0.2) is 30.6 Å². The van der Waals surface area contributed by atoms with Gasteiger partial charge < -0.3 is 10.2 Å². The van der Waals surface area contributed by atoms with Gasteiger partial charge in [-0.05, 0) is 66.0 Å². The molecule has 3 fully saturated rings. The minimum Gasteiger partial charge on any atom is -0.380 e. The fourth-order valence-electron chi connectivity index (χ4n) is 2.93. The van der Waals surface area contributed by atoms with Gasteiger partial charge in [0.15, 0.2) is 0 Å². The summed E-state index contributed by atoms with van der Waals surface area (Å²) >= 11 is 7.11. The molecule has 1 aromatic rings. The van der Waals surface area contributed by atoms with Gasteiger partial charge in [0.2, 0.25) is 0 Å². The van der Waals surface area contributed by atoms with Gasteiger partial charge in [-0.2, -0.15) is 0 Å². The molecule has 1 aromatic carbocycles. The van der Waals surface area contributed by atoms with Crippen LogP contribution in [0.1, 0.15) is 12.8 Å². The molecule has 3 saturated heterocycles. The lowest BCUT2D eigenvalue weighted by atomic mass is 9.84. The van der Waals surface area contributed by atoms with Crippen molar-refractivity contribution < 1.29 is 0 Å². The number of nitrogens with one attached hydrogen (secondary N) is 1. The first-order valence-corrected chi connectivity index (χ1v) is 7.75. The fourth-order valence-corrected chi connectivity index (χ4v) is 4.10. The van der Waals surface area contributed by atoms with Crippen molar-refractivity contribution in [2.75, 3.05) is 25.0 Å². The summed E-state index contributed by atoms with van der Waals surface area (Å²) in [6.45, 7) is 3.79. The second-order valence-corrected chi connectivity index (χ2v) is 6.78. The lowest BCUT2D eigenvalue weighted by molar-refractivity contribution is 0.0975. The highest BCUT2D eigenvalue weighted by Gasteiger charge is 2.34. The number of hydrogen-bond acceptors (Lipinski definition) is 2. The van der Waals surface area contributed by atoms with Crippen molar-refractivity contribution in [1.82, 2.24) is 4.90 Å². The highest BCUT2D eigenvalue weighted by Crippen LogP contribution is 2.32. The topological polar surface area (TPSA) is 15.3 Å². The first kappa shape index (κ1) is 12.0. The largest absolute Gasteiger partial charge is 0.380 e. The average Bonchev–Trinajstić information content (AvgIpc) is 2.34. The van der Waals surface area contributed by atoms with Crippen molar-refractivity contribution in [2.24, 2.45) is 5.92 Å². The summed E-state index contributed by atoms with van der Waals surface area (Å²) in [6.07, 6.45) is 2.71. The van der Waals surface area contributed by atoms with Gasteiger partial charge in [0.1, 0.15) is 0 Å². The SMILES string of the molecule is Brc1ccc(NC2CN3CCC2CC3)c(Br)c1. The van der Waals surface area contributed by atoms with E-state index < -0.39 is 0 Å². The zero-order valence-electron chi connectivity index (χ0n) is 9.63. The molecule has 0 radical (unpaired) electrons. The Labute approximate surface area is 119 Å². The summed E-state index contributed by atoms with van der Waals surface area (Å²) in [5, 5.41) is 3.70. The molecule has 0 spiro atoms. The van der Waals surface area contributed by atoms with Gasteiger partial charge >= 0.3 is 0 Å². The molecular weight excluding hydrogens is 344 g/mol. The second-order valence-electron chi connectivity index (χ2n) is 5.01. The van der Waals surface area contributed by atoms with E-state index in [1.807, 2.05) is 0 Å². The van der Waals surface area contributed by atoms with Gasteiger partial charge in [-0.25, -0.2) is 0 Å². The van der Waals surface area contributed by atoms with Crippen LogP contribution >= 0.6 is 31.9 Å². The quantitative estimate of drug-likeness (QED) is 0.865. The molecular formula is C13H16Br2N2. The Morgan fingerprint density at radius 2 is 1.94 bits per heavy atom. The van der Waals surface area contributed by atoms with Crippen LogP contribution in [0.15, 0.2) is 27.1 Å². The molecule has 0 saturated carbocycles. The van der Waals surface area contributed by atoms with Gasteiger partial charge in [-0.1, -0.05) is 15.9 Å². The molecule has 2 bridgehead atoms. The lowest BCUT2D eigenvalue weighted by Gasteiger charge is -2.45. The Hall–Kier alpha value is -0.0600. The maximum atomic E-state index is 3.70. The third-order valence-corrected chi connectivity index (χ3v) is 5.08. The monoisotopic (exact) mass is 358 g/mol. The van der Waals surface area contributed by atoms with Crippen molar-refractivity contribution in [1.29, 1.82) is 0 Å². The smallest absolute Gasteiger partial charge is 0.0488 e. The molecule has 92 valence electrons. The van der Waals surface area contributed by atoms with E-state index >= 15 is 0 Å². The van der Waals surface area contributed by atoms with Crippen molar-refractivity contribution in [2.45, 2.75) is 18.9 Å². The summed E-state index contributed by atoms with van der Waals surface area (Å²) in [7, 11) is 0. The molecule has 17 heavy (non-hydrogen) atoms. The average molecular weight is 360 g/mol. The Morgan fingerprint density at radius 3 is 2.53 bits per heavy atom. The minimum absolute atomic E-state index is 0.620. The van der Waals surface area contributed by atoms with Crippen LogP contribution in [0.5, 0.6) is 0 Å². The molecule has 0 aliphatic carbocycles. The predicted octanol–water partition coefficient (Wildman–Crippen LogP) is 3.72. The first-order valence-electron chi connectivity index (χ1n) is 6.16. The lowest BCUT2D eigenvalue weighted by Crippen LogP contribution is -2.53. The summed E-state index contributed by atoms with van der Waals surface area (Å²) in [5.41, 5.74) is 1.21. The highest BCUT2D eigenvalue weighted by molar-refractivity contribution is 9.11. The van der Waals surface area contributed by atoms with Crippen molar-refractivity contribution in [3.63, 3.8) is 0 Å². The maximum Gasteiger partial charge on any atom is 0.0488 e. The Balaban J connectivity index is 1.74. The third-order valence-electron chi connectivity index (χ3n) is 3.93. The van der Waals surface area contributed by atoms with Crippen LogP contribution in [0.3, 0.4) is 0 Å². The first-order chi connectivity index (χ1) is 8.22. The fraction of sp³-hybridized carbons (Fsp3) is 0.538. The Morgan fingerprint density at radius 1 is 1.18 bits per heavy atom. The summed E-state index contributed by atoms with van der Waals surface area (Å²) < 4.78 is 2.26. The van der Waals surface area contributed by atoms with Crippen LogP contribution < -0.4 is 5.32 Å². The normalized spacial score (nSPS) is 31.5. The summed E-state index contributed by atoms with van der Waals surface area (Å²) in [4.78, 5) is 2.57. The molecule has 3 aliphatic heterocycles. The van der Waals surface area contributed by atoms with Crippen molar-refractivity contribution in [3.8, 4) is 0 Å². The van der Waals surface area contributed by atoms with Crippen molar-refractivity contribution >= 4 is 37.5 Å². The van der Waals surface area contributed by atoms with Crippen LogP contribution in [0.25, 0.3) is 0 Å². The van der Waals surface area contributed by atoms with Crippen LogP contribution in [0.2, 0.25) is 0 Å². The van der Waals surface area contributed by atoms with E-state index in [1.54, 1.807) is 0 Å². The predicted molar refractivity (Wildman–Crippen MR) is 78.4 cm³/mol.